The molecule has 2 saturated heterocycles. The summed E-state index contributed by atoms with van der Waals surface area (Å²) in [7, 11) is 0.196. The van der Waals surface area contributed by atoms with Crippen molar-refractivity contribution >= 4 is 13.9 Å². The van der Waals surface area contributed by atoms with Crippen molar-refractivity contribution in [1.29, 1.82) is 0 Å². The predicted molar refractivity (Wildman–Crippen MR) is 63.9 cm³/mol. The summed E-state index contributed by atoms with van der Waals surface area (Å²) in [5, 5.41) is 8.65. The first-order valence-electron chi connectivity index (χ1n) is 6.25. The molecule has 3 heteroatoms. The maximum absolute atomic E-state index is 10.5. The summed E-state index contributed by atoms with van der Waals surface area (Å²) >= 11 is 0. The minimum Gasteiger partial charge on any atom is -0.481 e. The van der Waals surface area contributed by atoms with Crippen LogP contribution < -0.4 is 0 Å². The summed E-state index contributed by atoms with van der Waals surface area (Å²) in [6.07, 6.45) is 11.2. The van der Waals surface area contributed by atoms with Gasteiger partial charge in [0.2, 0.25) is 0 Å². The van der Waals surface area contributed by atoms with Crippen molar-refractivity contribution in [2.24, 2.45) is 0 Å². The summed E-state index contributed by atoms with van der Waals surface area (Å²) in [5.41, 5.74) is 2.00. The number of aliphatic carboxylic acids is 1. The molecule has 0 aromatic heterocycles. The van der Waals surface area contributed by atoms with Gasteiger partial charge in [-0.1, -0.05) is 12.8 Å². The molecular formula is C12H21O2P. The highest BCUT2D eigenvalue weighted by Crippen LogP contribution is 2.59. The van der Waals surface area contributed by atoms with Gasteiger partial charge >= 0.3 is 5.97 Å². The molecule has 0 aromatic rings. The lowest BCUT2D eigenvalue weighted by Gasteiger charge is -2.43. The standard InChI is InChI=1S/C12H21O2P/c13-12(14)8-3-9-15-10-4-1-5-11(15)7-2-6-10/h10-11H,1-9H2,(H,13,14). The van der Waals surface area contributed by atoms with E-state index < -0.39 is 5.97 Å². The summed E-state index contributed by atoms with van der Waals surface area (Å²) in [5.74, 6) is -0.618. The van der Waals surface area contributed by atoms with Crippen LogP contribution in [0.4, 0.5) is 0 Å². The van der Waals surface area contributed by atoms with Crippen molar-refractivity contribution in [1.82, 2.24) is 0 Å². The van der Waals surface area contributed by atoms with Crippen LogP contribution in [0.1, 0.15) is 51.4 Å². The SMILES string of the molecule is O=C(O)CCCP1C2CCCC1CCC2. The first-order valence-corrected chi connectivity index (χ1v) is 7.91. The van der Waals surface area contributed by atoms with Gasteiger partial charge in [-0.2, -0.15) is 0 Å². The summed E-state index contributed by atoms with van der Waals surface area (Å²) in [6.45, 7) is 0. The van der Waals surface area contributed by atoms with Crippen LogP contribution in [0.25, 0.3) is 0 Å². The van der Waals surface area contributed by atoms with Gasteiger partial charge in [0, 0.05) is 6.42 Å². The molecule has 1 N–H and O–H groups in total. The molecule has 2 bridgehead atoms. The first-order chi connectivity index (χ1) is 7.27. The van der Waals surface area contributed by atoms with Gasteiger partial charge in [0.05, 0.1) is 0 Å². The van der Waals surface area contributed by atoms with E-state index in [4.69, 9.17) is 5.11 Å². The fourth-order valence-corrected chi connectivity index (χ4v) is 7.11. The molecule has 0 spiro atoms. The topological polar surface area (TPSA) is 37.3 Å². The predicted octanol–water partition coefficient (Wildman–Crippen LogP) is 3.44. The van der Waals surface area contributed by atoms with Crippen molar-refractivity contribution in [3.63, 3.8) is 0 Å². The molecule has 2 aliphatic heterocycles. The van der Waals surface area contributed by atoms with Gasteiger partial charge in [0.25, 0.3) is 0 Å². The third kappa shape index (κ3) is 2.93. The van der Waals surface area contributed by atoms with Gasteiger partial charge in [-0.15, -0.1) is 7.92 Å². The quantitative estimate of drug-likeness (QED) is 0.748. The molecule has 0 atom stereocenters. The number of hydrogen-bond acceptors (Lipinski definition) is 1. The van der Waals surface area contributed by atoms with Gasteiger partial charge in [-0.05, 0) is 49.6 Å². The molecule has 0 aromatic carbocycles. The third-order valence-electron chi connectivity index (χ3n) is 3.89. The van der Waals surface area contributed by atoms with Gasteiger partial charge in [-0.25, -0.2) is 0 Å². The highest BCUT2D eigenvalue weighted by atomic mass is 31.1. The highest BCUT2D eigenvalue weighted by Gasteiger charge is 2.34. The lowest BCUT2D eigenvalue weighted by molar-refractivity contribution is -0.137. The Balaban J connectivity index is 1.81. The van der Waals surface area contributed by atoms with Crippen LogP contribution in [-0.4, -0.2) is 28.6 Å². The van der Waals surface area contributed by atoms with Crippen molar-refractivity contribution in [2.45, 2.75) is 62.7 Å². The van der Waals surface area contributed by atoms with Crippen LogP contribution in [0.3, 0.4) is 0 Å². The van der Waals surface area contributed by atoms with Crippen LogP contribution in [0.5, 0.6) is 0 Å². The Morgan fingerprint density at radius 1 is 1.13 bits per heavy atom. The molecule has 86 valence electrons. The van der Waals surface area contributed by atoms with Gasteiger partial charge in [0.1, 0.15) is 0 Å². The van der Waals surface area contributed by atoms with Crippen LogP contribution in [0.2, 0.25) is 0 Å². The number of carboxylic acid groups (broad SMARTS) is 1. The largest absolute Gasteiger partial charge is 0.481 e. The Bertz CT molecular complexity index is 208. The van der Waals surface area contributed by atoms with E-state index in [1.54, 1.807) is 0 Å². The normalized spacial score (nSPS) is 35.1. The Hall–Kier alpha value is -0.100. The van der Waals surface area contributed by atoms with Gasteiger partial charge in [0.15, 0.2) is 0 Å². The van der Waals surface area contributed by atoms with Crippen molar-refractivity contribution in [3.8, 4) is 0 Å². The van der Waals surface area contributed by atoms with Crippen LogP contribution in [0, 0.1) is 0 Å². The van der Waals surface area contributed by atoms with E-state index in [0.717, 1.165) is 17.7 Å². The minimum atomic E-state index is -0.618. The molecule has 2 heterocycles. The fraction of sp³-hybridized carbons (Fsp3) is 0.917. The van der Waals surface area contributed by atoms with Crippen LogP contribution >= 0.6 is 7.92 Å². The van der Waals surface area contributed by atoms with E-state index in [-0.39, 0.29) is 7.92 Å². The minimum absolute atomic E-state index is 0.196. The Morgan fingerprint density at radius 3 is 2.13 bits per heavy atom. The summed E-state index contributed by atoms with van der Waals surface area (Å²) in [6, 6.07) is 0. The third-order valence-corrected chi connectivity index (χ3v) is 7.64. The van der Waals surface area contributed by atoms with Crippen molar-refractivity contribution < 1.29 is 9.90 Å². The molecule has 0 radical (unpaired) electrons. The molecular weight excluding hydrogens is 207 g/mol. The molecule has 2 fully saturated rings. The fourth-order valence-electron chi connectivity index (χ4n) is 3.21. The van der Waals surface area contributed by atoms with Crippen molar-refractivity contribution in [2.75, 3.05) is 6.16 Å². The molecule has 0 unspecified atom stereocenters. The molecule has 2 aliphatic rings. The second kappa shape index (κ2) is 5.30. The van der Waals surface area contributed by atoms with Crippen LogP contribution in [-0.2, 0) is 4.79 Å². The summed E-state index contributed by atoms with van der Waals surface area (Å²) < 4.78 is 0. The van der Waals surface area contributed by atoms with Crippen molar-refractivity contribution in [3.05, 3.63) is 0 Å². The lowest BCUT2D eigenvalue weighted by Crippen LogP contribution is -2.27. The second-order valence-corrected chi connectivity index (χ2v) is 7.84. The lowest BCUT2D eigenvalue weighted by atomic mass is 9.99. The maximum Gasteiger partial charge on any atom is 0.303 e. The van der Waals surface area contributed by atoms with E-state index in [0.29, 0.717) is 6.42 Å². The molecule has 0 aliphatic carbocycles. The van der Waals surface area contributed by atoms with E-state index in [9.17, 15) is 4.79 Å². The van der Waals surface area contributed by atoms with E-state index in [2.05, 4.69) is 0 Å². The molecule has 15 heavy (non-hydrogen) atoms. The number of fused-ring (bicyclic) bond motifs is 2. The number of carbonyl (C=O) groups is 1. The van der Waals surface area contributed by atoms with E-state index >= 15 is 0 Å². The van der Waals surface area contributed by atoms with Crippen LogP contribution in [0.15, 0.2) is 0 Å². The average Bonchev–Trinajstić information content (AvgIpc) is 2.16. The van der Waals surface area contributed by atoms with E-state index in [1.165, 1.54) is 44.7 Å². The number of hydrogen-bond donors (Lipinski definition) is 1. The van der Waals surface area contributed by atoms with E-state index in [1.807, 2.05) is 0 Å². The average molecular weight is 228 g/mol. The number of carboxylic acids is 1. The molecule has 0 amide bonds. The van der Waals surface area contributed by atoms with Gasteiger partial charge < -0.3 is 5.11 Å². The maximum atomic E-state index is 10.5. The molecule has 2 nitrogen and oxygen atoms in total. The second-order valence-electron chi connectivity index (χ2n) is 4.90. The zero-order valence-electron chi connectivity index (χ0n) is 9.32. The van der Waals surface area contributed by atoms with Gasteiger partial charge in [-0.3, -0.25) is 4.79 Å². The Morgan fingerprint density at radius 2 is 1.67 bits per heavy atom. The zero-order valence-corrected chi connectivity index (χ0v) is 10.2. The zero-order chi connectivity index (χ0) is 10.7. The summed E-state index contributed by atoms with van der Waals surface area (Å²) in [4.78, 5) is 10.5. The Labute approximate surface area is 93.2 Å². The Kier molecular flexibility index (Phi) is 4.02. The monoisotopic (exact) mass is 228 g/mol. The highest BCUT2D eigenvalue weighted by molar-refractivity contribution is 7.59. The number of rotatable bonds is 4. The molecule has 0 saturated carbocycles. The first kappa shape index (κ1) is 11.4. The smallest absolute Gasteiger partial charge is 0.303 e. The molecule has 2 rings (SSSR count).